The maximum atomic E-state index is 13.3. The Hall–Kier alpha value is -3.72. The van der Waals surface area contributed by atoms with Crippen LogP contribution in [-0.4, -0.2) is 35.1 Å². The lowest BCUT2D eigenvalue weighted by Crippen LogP contribution is -2.31. The van der Waals surface area contributed by atoms with E-state index in [1.807, 2.05) is 24.5 Å². The number of carbonyl (C=O) groups excluding carboxylic acids is 2. The average molecular weight is 481 g/mol. The lowest BCUT2D eigenvalue weighted by Gasteiger charge is -2.21. The molecule has 1 aromatic carbocycles. The molecular formula is C26H29FN4O4. The van der Waals surface area contributed by atoms with E-state index in [1.54, 1.807) is 37.6 Å². The Kier molecular flexibility index (Phi) is 7.45. The van der Waals surface area contributed by atoms with Gasteiger partial charge in [-0.25, -0.2) is 9.37 Å². The minimum absolute atomic E-state index is 0.241. The zero-order valence-electron chi connectivity index (χ0n) is 20.0. The number of benzene rings is 1. The van der Waals surface area contributed by atoms with Crippen LogP contribution in [0, 0.1) is 5.82 Å². The van der Waals surface area contributed by atoms with Gasteiger partial charge in [-0.3, -0.25) is 9.59 Å². The summed E-state index contributed by atoms with van der Waals surface area (Å²) in [5, 5.41) is 6.00. The number of hydrogen-bond donors (Lipinski definition) is 2. The van der Waals surface area contributed by atoms with Gasteiger partial charge in [0.2, 0.25) is 5.88 Å². The predicted molar refractivity (Wildman–Crippen MR) is 128 cm³/mol. The minimum atomic E-state index is -0.335. The van der Waals surface area contributed by atoms with Crippen LogP contribution in [-0.2, 0) is 17.9 Å². The van der Waals surface area contributed by atoms with Crippen LogP contribution in [0.25, 0.3) is 0 Å². The van der Waals surface area contributed by atoms with Crippen molar-refractivity contribution in [2.45, 2.75) is 45.5 Å². The lowest BCUT2D eigenvalue weighted by atomic mass is 10.1. The highest BCUT2D eigenvalue weighted by Crippen LogP contribution is 2.24. The number of pyridine rings is 1. The molecule has 2 atom stereocenters. The normalized spacial score (nSPS) is 14.5. The number of fused-ring (bicyclic) bond motifs is 1. The molecule has 35 heavy (non-hydrogen) atoms. The van der Waals surface area contributed by atoms with E-state index < -0.39 is 0 Å². The van der Waals surface area contributed by atoms with Crippen molar-refractivity contribution < 1.29 is 23.5 Å². The molecule has 2 aromatic heterocycles. The summed E-state index contributed by atoms with van der Waals surface area (Å²) in [5.41, 5.74) is 3.10. The van der Waals surface area contributed by atoms with Gasteiger partial charge >= 0.3 is 0 Å². The number of aromatic nitrogens is 2. The summed E-state index contributed by atoms with van der Waals surface area (Å²) < 4.78 is 25.8. The molecule has 0 bridgehead atoms. The van der Waals surface area contributed by atoms with E-state index in [2.05, 4.69) is 15.6 Å². The number of nitrogens with zero attached hydrogens (tertiary/aromatic N) is 2. The molecule has 1 aliphatic rings. The van der Waals surface area contributed by atoms with E-state index in [1.165, 1.54) is 12.1 Å². The molecule has 184 valence electrons. The van der Waals surface area contributed by atoms with Crippen molar-refractivity contribution in [2.24, 2.45) is 0 Å². The van der Waals surface area contributed by atoms with Gasteiger partial charge in [0.05, 0.1) is 43.7 Å². The molecule has 0 saturated carbocycles. The minimum Gasteiger partial charge on any atom is -0.481 e. The van der Waals surface area contributed by atoms with Crippen molar-refractivity contribution in [3.05, 3.63) is 82.6 Å². The third kappa shape index (κ3) is 5.35. The third-order valence-electron chi connectivity index (χ3n) is 6.19. The van der Waals surface area contributed by atoms with Gasteiger partial charge in [-0.15, -0.1) is 0 Å². The Bertz CT molecular complexity index is 1190. The molecule has 0 unspecified atom stereocenters. The van der Waals surface area contributed by atoms with E-state index in [-0.39, 0.29) is 36.3 Å². The van der Waals surface area contributed by atoms with Gasteiger partial charge in [-0.05, 0) is 42.7 Å². The van der Waals surface area contributed by atoms with Crippen LogP contribution in [0.2, 0.25) is 0 Å². The summed E-state index contributed by atoms with van der Waals surface area (Å²) in [4.78, 5) is 30.7. The summed E-state index contributed by atoms with van der Waals surface area (Å²) in [5.74, 6) is -0.429. The van der Waals surface area contributed by atoms with Crippen LogP contribution in [0.1, 0.15) is 70.0 Å². The fraction of sp³-hybridized carbons (Fsp3) is 0.346. The van der Waals surface area contributed by atoms with Crippen LogP contribution in [0.4, 0.5) is 4.39 Å². The van der Waals surface area contributed by atoms with Gasteiger partial charge in [-0.2, -0.15) is 0 Å². The Morgan fingerprint density at radius 3 is 2.54 bits per heavy atom. The van der Waals surface area contributed by atoms with Gasteiger partial charge in [0.15, 0.2) is 0 Å². The maximum absolute atomic E-state index is 13.3. The molecule has 2 N–H and O–H groups in total. The first-order valence-corrected chi connectivity index (χ1v) is 11.6. The zero-order chi connectivity index (χ0) is 24.9. The zero-order valence-corrected chi connectivity index (χ0v) is 20.0. The van der Waals surface area contributed by atoms with E-state index >= 15 is 0 Å². The molecule has 2 amide bonds. The fourth-order valence-electron chi connectivity index (χ4n) is 4.19. The van der Waals surface area contributed by atoms with Crippen molar-refractivity contribution in [3.8, 4) is 5.88 Å². The van der Waals surface area contributed by atoms with Gasteiger partial charge in [0, 0.05) is 18.8 Å². The summed E-state index contributed by atoms with van der Waals surface area (Å²) in [6.07, 6.45) is 2.34. The highest BCUT2D eigenvalue weighted by atomic mass is 19.1. The Morgan fingerprint density at radius 2 is 1.89 bits per heavy atom. The Morgan fingerprint density at radius 1 is 1.14 bits per heavy atom. The van der Waals surface area contributed by atoms with E-state index in [0.29, 0.717) is 42.4 Å². The number of halogens is 1. The maximum Gasteiger partial charge on any atom is 0.268 e. The molecule has 4 rings (SSSR count). The van der Waals surface area contributed by atoms with Crippen molar-refractivity contribution in [1.29, 1.82) is 0 Å². The molecule has 0 spiro atoms. The predicted octanol–water partition coefficient (Wildman–Crippen LogP) is 3.93. The third-order valence-corrected chi connectivity index (χ3v) is 6.19. The molecule has 3 heterocycles. The number of carbonyl (C=O) groups is 2. The van der Waals surface area contributed by atoms with Crippen molar-refractivity contribution in [3.63, 3.8) is 0 Å². The van der Waals surface area contributed by atoms with Gasteiger partial charge in [0.1, 0.15) is 11.5 Å². The number of nitrogens with one attached hydrogen (secondary N) is 2. The molecule has 0 aliphatic carbocycles. The largest absolute Gasteiger partial charge is 0.481 e. The molecule has 0 radical (unpaired) electrons. The highest BCUT2D eigenvalue weighted by molar-refractivity contribution is 6.01. The standard InChI is InChI=1S/C26H29FN4O4/c1-4-21(18-7-10-24(34-3)28-14-18)30-25(32)20-13-22(31-11-12-35-15-23(20)31)26(33)29-16(2)17-5-8-19(27)9-6-17/h5-10,13-14,16,21H,4,11-12,15H2,1-3H3,(H,29,33)(H,30,32)/t16-,21-/m1/s1. The van der Waals surface area contributed by atoms with E-state index in [0.717, 1.165) is 11.1 Å². The van der Waals surface area contributed by atoms with Gasteiger partial charge in [-0.1, -0.05) is 25.1 Å². The summed E-state index contributed by atoms with van der Waals surface area (Å²) in [6, 6.07) is 10.6. The average Bonchev–Trinajstić information content (AvgIpc) is 3.27. The monoisotopic (exact) mass is 480 g/mol. The molecule has 1 aliphatic heterocycles. The second-order valence-corrected chi connectivity index (χ2v) is 8.41. The van der Waals surface area contributed by atoms with Crippen LogP contribution >= 0.6 is 0 Å². The first-order valence-electron chi connectivity index (χ1n) is 11.6. The first kappa shape index (κ1) is 24.4. The quantitative estimate of drug-likeness (QED) is 0.510. The topological polar surface area (TPSA) is 94.5 Å². The second-order valence-electron chi connectivity index (χ2n) is 8.41. The van der Waals surface area contributed by atoms with E-state index in [9.17, 15) is 14.0 Å². The number of rotatable bonds is 8. The number of ether oxygens (including phenoxy) is 2. The Labute approximate surface area is 203 Å². The van der Waals surface area contributed by atoms with Crippen LogP contribution in [0.5, 0.6) is 5.88 Å². The SMILES string of the molecule is CC[C@@H](NC(=O)c1cc(C(=O)N[C@H](C)c2ccc(F)cc2)n2c1COCC2)c1ccc(OC)nc1. The number of hydrogen-bond acceptors (Lipinski definition) is 5. The van der Waals surface area contributed by atoms with Crippen molar-refractivity contribution in [2.75, 3.05) is 13.7 Å². The van der Waals surface area contributed by atoms with Gasteiger partial charge < -0.3 is 24.7 Å². The first-order chi connectivity index (χ1) is 16.9. The molecule has 8 nitrogen and oxygen atoms in total. The molecule has 9 heteroatoms. The van der Waals surface area contributed by atoms with E-state index in [4.69, 9.17) is 9.47 Å². The summed E-state index contributed by atoms with van der Waals surface area (Å²) in [6.45, 7) is 4.96. The van der Waals surface area contributed by atoms with Crippen LogP contribution in [0.15, 0.2) is 48.7 Å². The Balaban J connectivity index is 1.55. The highest BCUT2D eigenvalue weighted by Gasteiger charge is 2.28. The van der Waals surface area contributed by atoms with Crippen LogP contribution in [0.3, 0.4) is 0 Å². The molecular weight excluding hydrogens is 451 g/mol. The fourth-order valence-corrected chi connectivity index (χ4v) is 4.19. The summed E-state index contributed by atoms with van der Waals surface area (Å²) >= 11 is 0. The smallest absolute Gasteiger partial charge is 0.268 e. The molecule has 0 saturated heterocycles. The van der Waals surface area contributed by atoms with Crippen molar-refractivity contribution >= 4 is 11.8 Å². The molecule has 0 fully saturated rings. The number of amides is 2. The van der Waals surface area contributed by atoms with Crippen molar-refractivity contribution in [1.82, 2.24) is 20.2 Å². The van der Waals surface area contributed by atoms with Gasteiger partial charge in [0.25, 0.3) is 11.8 Å². The lowest BCUT2D eigenvalue weighted by molar-refractivity contribution is 0.0774. The number of methoxy groups -OCH3 is 1. The summed E-state index contributed by atoms with van der Waals surface area (Å²) in [7, 11) is 1.55. The van der Waals surface area contributed by atoms with Crippen LogP contribution < -0.4 is 15.4 Å². The second kappa shape index (κ2) is 10.7. The molecule has 3 aromatic rings.